The molecule has 5 aromatic carbocycles. The van der Waals surface area contributed by atoms with E-state index in [-0.39, 0.29) is 0 Å². The van der Waals surface area contributed by atoms with Gasteiger partial charge in [0.2, 0.25) is 0 Å². The molecule has 0 spiro atoms. The molecule has 0 unspecified atom stereocenters. The molecular formula is C36H26N4. The zero-order valence-corrected chi connectivity index (χ0v) is 22.3. The molecule has 0 aliphatic heterocycles. The lowest BCUT2D eigenvalue weighted by Gasteiger charge is -2.14. The number of rotatable bonds is 4. The van der Waals surface area contributed by atoms with Crippen molar-refractivity contribution in [2.45, 2.75) is 13.8 Å². The number of hydrogen-bond acceptors (Lipinski definition) is 4. The molecule has 4 heteroatoms. The zero-order chi connectivity index (χ0) is 27.1. The zero-order valence-electron chi connectivity index (χ0n) is 22.3. The van der Waals surface area contributed by atoms with Crippen LogP contribution in [-0.4, -0.2) is 19.9 Å². The molecule has 0 N–H and O–H groups in total. The first-order valence-electron chi connectivity index (χ1n) is 13.4. The molecule has 7 rings (SSSR count). The third kappa shape index (κ3) is 4.30. The van der Waals surface area contributed by atoms with Crippen LogP contribution in [0.4, 0.5) is 0 Å². The molecule has 2 heterocycles. The highest BCUT2D eigenvalue weighted by atomic mass is 14.9. The van der Waals surface area contributed by atoms with Gasteiger partial charge in [0.05, 0.1) is 33.8 Å². The number of fused-ring (bicyclic) bond motifs is 3. The van der Waals surface area contributed by atoms with Crippen molar-refractivity contribution in [2.24, 2.45) is 0 Å². The first-order chi connectivity index (χ1) is 19.6. The van der Waals surface area contributed by atoms with Crippen LogP contribution in [0.3, 0.4) is 0 Å². The topological polar surface area (TPSA) is 51.6 Å². The number of aryl methyl sites for hydroxylation is 2. The number of hydrogen-bond donors (Lipinski definition) is 0. The molecule has 0 radical (unpaired) electrons. The summed E-state index contributed by atoms with van der Waals surface area (Å²) in [5, 5.41) is 0. The summed E-state index contributed by atoms with van der Waals surface area (Å²) < 4.78 is 0. The third-order valence-electron chi connectivity index (χ3n) is 7.21. The van der Waals surface area contributed by atoms with E-state index in [4.69, 9.17) is 19.9 Å². The Kier molecular flexibility index (Phi) is 5.86. The monoisotopic (exact) mass is 514 g/mol. The summed E-state index contributed by atoms with van der Waals surface area (Å²) in [5.41, 5.74) is 12.9. The van der Waals surface area contributed by atoms with Gasteiger partial charge in [0, 0.05) is 22.3 Å². The quantitative estimate of drug-likeness (QED) is 0.220. The van der Waals surface area contributed by atoms with E-state index in [1.165, 1.54) is 11.1 Å². The molecule has 0 aliphatic carbocycles. The Hall–Kier alpha value is -5.22. The molecule has 2 aromatic heterocycles. The summed E-state index contributed by atoms with van der Waals surface area (Å²) in [6, 6.07) is 41.4. The lowest BCUT2D eigenvalue weighted by molar-refractivity contribution is 1.26. The van der Waals surface area contributed by atoms with Crippen molar-refractivity contribution < 1.29 is 0 Å². The van der Waals surface area contributed by atoms with Gasteiger partial charge in [-0.1, -0.05) is 120 Å². The summed E-state index contributed by atoms with van der Waals surface area (Å²) in [6.07, 6.45) is 0. The van der Waals surface area contributed by atoms with Gasteiger partial charge in [-0.2, -0.15) is 0 Å². The highest BCUT2D eigenvalue weighted by molar-refractivity contribution is 6.03. The van der Waals surface area contributed by atoms with Crippen molar-refractivity contribution in [2.75, 3.05) is 0 Å². The van der Waals surface area contributed by atoms with E-state index in [1.54, 1.807) is 0 Å². The Morgan fingerprint density at radius 3 is 1.02 bits per heavy atom. The lowest BCUT2D eigenvalue weighted by Crippen LogP contribution is -2.00. The predicted molar refractivity (Wildman–Crippen MR) is 164 cm³/mol. The smallest absolute Gasteiger partial charge is 0.117 e. The maximum atomic E-state index is 5.27. The number of aromatic nitrogens is 4. The fourth-order valence-electron chi connectivity index (χ4n) is 5.06. The van der Waals surface area contributed by atoms with E-state index in [0.717, 1.165) is 67.1 Å². The second kappa shape index (κ2) is 9.83. The van der Waals surface area contributed by atoms with E-state index in [2.05, 4.69) is 86.6 Å². The molecule has 7 aromatic rings. The highest BCUT2D eigenvalue weighted by Gasteiger charge is 2.19. The van der Waals surface area contributed by atoms with E-state index >= 15 is 0 Å². The number of benzene rings is 5. The fraction of sp³-hybridized carbons (Fsp3) is 0.0556. The van der Waals surface area contributed by atoms with Gasteiger partial charge in [0.15, 0.2) is 0 Å². The van der Waals surface area contributed by atoms with Gasteiger partial charge in [0.25, 0.3) is 0 Å². The van der Waals surface area contributed by atoms with Crippen molar-refractivity contribution in [3.8, 4) is 45.0 Å². The second-order valence-corrected chi connectivity index (χ2v) is 10.1. The maximum absolute atomic E-state index is 5.27. The van der Waals surface area contributed by atoms with Gasteiger partial charge in [-0.3, -0.25) is 0 Å². The minimum absolute atomic E-state index is 0.743. The maximum Gasteiger partial charge on any atom is 0.117 e. The van der Waals surface area contributed by atoms with Crippen LogP contribution in [0.2, 0.25) is 0 Å². The fourth-order valence-corrected chi connectivity index (χ4v) is 5.06. The summed E-state index contributed by atoms with van der Waals surface area (Å²) in [5.74, 6) is 0. The molecule has 0 aliphatic rings. The Labute approximate surface area is 233 Å². The molecule has 0 atom stereocenters. The van der Waals surface area contributed by atoms with Crippen LogP contribution in [0.1, 0.15) is 11.1 Å². The minimum Gasteiger partial charge on any atom is -0.244 e. The lowest BCUT2D eigenvalue weighted by atomic mass is 10.0. The van der Waals surface area contributed by atoms with E-state index in [9.17, 15) is 0 Å². The molecule has 0 saturated heterocycles. The van der Waals surface area contributed by atoms with Crippen molar-refractivity contribution in [3.63, 3.8) is 0 Å². The van der Waals surface area contributed by atoms with Gasteiger partial charge in [-0.15, -0.1) is 0 Å². The normalized spacial score (nSPS) is 11.2. The summed E-state index contributed by atoms with van der Waals surface area (Å²) in [7, 11) is 0. The van der Waals surface area contributed by atoms with Gasteiger partial charge in [0.1, 0.15) is 11.0 Å². The Balaban J connectivity index is 1.54. The average molecular weight is 515 g/mol. The van der Waals surface area contributed by atoms with E-state index < -0.39 is 0 Å². The first-order valence-corrected chi connectivity index (χ1v) is 13.4. The molecule has 0 fully saturated rings. The molecule has 4 nitrogen and oxygen atoms in total. The van der Waals surface area contributed by atoms with E-state index in [0.29, 0.717) is 0 Å². The van der Waals surface area contributed by atoms with Crippen molar-refractivity contribution in [3.05, 3.63) is 132 Å². The Morgan fingerprint density at radius 1 is 0.325 bits per heavy atom. The van der Waals surface area contributed by atoms with Crippen LogP contribution in [-0.2, 0) is 0 Å². The van der Waals surface area contributed by atoms with E-state index in [1.807, 2.05) is 48.5 Å². The van der Waals surface area contributed by atoms with Crippen molar-refractivity contribution >= 4 is 22.1 Å². The van der Waals surface area contributed by atoms with Crippen LogP contribution in [0.5, 0.6) is 0 Å². The van der Waals surface area contributed by atoms with Gasteiger partial charge < -0.3 is 0 Å². The van der Waals surface area contributed by atoms with Gasteiger partial charge >= 0.3 is 0 Å². The molecule has 0 amide bonds. The minimum atomic E-state index is 0.743. The first kappa shape index (κ1) is 23.9. The summed E-state index contributed by atoms with van der Waals surface area (Å²) in [6.45, 7) is 4.19. The predicted octanol–water partition coefficient (Wildman–Crippen LogP) is 8.86. The third-order valence-corrected chi connectivity index (χ3v) is 7.21. The summed E-state index contributed by atoms with van der Waals surface area (Å²) in [4.78, 5) is 20.8. The highest BCUT2D eigenvalue weighted by Crippen LogP contribution is 2.36. The van der Waals surface area contributed by atoms with Crippen molar-refractivity contribution in [1.29, 1.82) is 0 Å². The van der Waals surface area contributed by atoms with Crippen LogP contribution in [0.15, 0.2) is 121 Å². The van der Waals surface area contributed by atoms with Crippen LogP contribution < -0.4 is 0 Å². The van der Waals surface area contributed by atoms with Gasteiger partial charge in [-0.05, 0) is 26.0 Å². The molecular weight excluding hydrogens is 488 g/mol. The van der Waals surface area contributed by atoms with Crippen LogP contribution in [0, 0.1) is 13.8 Å². The van der Waals surface area contributed by atoms with Crippen LogP contribution in [0.25, 0.3) is 67.1 Å². The van der Waals surface area contributed by atoms with Gasteiger partial charge in [-0.25, -0.2) is 19.9 Å². The Morgan fingerprint density at radius 2 is 0.650 bits per heavy atom. The molecule has 40 heavy (non-hydrogen) atoms. The molecule has 0 bridgehead atoms. The van der Waals surface area contributed by atoms with Crippen LogP contribution >= 0.6 is 0 Å². The molecule has 0 saturated carbocycles. The largest absolute Gasteiger partial charge is 0.244 e. The molecule has 190 valence electrons. The summed E-state index contributed by atoms with van der Waals surface area (Å²) >= 11 is 0. The SMILES string of the molecule is Cc1ccc(-c2nc3ccc4nc(-c5ccccc5)c(-c5ccccc5)nc4c3nc2-c2ccc(C)cc2)cc1. The standard InChI is InChI=1S/C36H26N4/c1-23-13-17-27(18-14-23)32-34(28-19-15-24(2)16-20-28)40-36-30(38-32)22-21-29-35(36)39-33(26-11-7-4-8-12-26)31(37-29)25-9-5-3-6-10-25/h3-22H,1-2H3. The van der Waals surface area contributed by atoms with Crippen molar-refractivity contribution in [1.82, 2.24) is 19.9 Å². The second-order valence-electron chi connectivity index (χ2n) is 10.1. The average Bonchev–Trinajstić information content (AvgIpc) is 3.01. The number of nitrogens with zero attached hydrogens (tertiary/aromatic N) is 4. The Bertz CT molecular complexity index is 1980.